The van der Waals surface area contributed by atoms with Crippen molar-refractivity contribution in [3.05, 3.63) is 360 Å². The summed E-state index contributed by atoms with van der Waals surface area (Å²) in [7, 11) is 10.1. The first-order chi connectivity index (χ1) is 70.5. The maximum atomic E-state index is 14.0. The van der Waals surface area contributed by atoms with E-state index < -0.39 is 5.41 Å². The van der Waals surface area contributed by atoms with Gasteiger partial charge in [0.1, 0.15) is 76.5 Å². The van der Waals surface area contributed by atoms with Crippen LogP contribution in [-0.4, -0.2) is 177 Å². The van der Waals surface area contributed by atoms with E-state index >= 15 is 0 Å². The lowest BCUT2D eigenvalue weighted by Crippen LogP contribution is -2.38. The molecule has 4 heterocycles. The van der Waals surface area contributed by atoms with Crippen LogP contribution in [0.3, 0.4) is 0 Å². The number of carbonyl (C=O) groups excluding carboxylic acids is 3. The molecule has 4 spiro atoms. The predicted molar refractivity (Wildman–Crippen MR) is 569 cm³/mol. The van der Waals surface area contributed by atoms with Crippen LogP contribution < -0.4 is 47.4 Å². The van der Waals surface area contributed by atoms with Gasteiger partial charge in [-0.3, -0.25) is 24.2 Å². The highest BCUT2D eigenvalue weighted by molar-refractivity contribution is 6.08. The highest BCUT2D eigenvalue weighted by Gasteiger charge is 2.56. The van der Waals surface area contributed by atoms with Gasteiger partial charge in [0.15, 0.2) is 19.0 Å². The molecular weight excluding hydrogens is 1790 g/mol. The molecule has 740 valence electrons. The Morgan fingerprint density at radius 1 is 0.306 bits per heavy atom. The molecule has 0 saturated carbocycles. The molecule has 2 amide bonds. The van der Waals surface area contributed by atoms with E-state index in [1.807, 2.05) is 82.6 Å². The van der Waals surface area contributed by atoms with Gasteiger partial charge in [-0.2, -0.15) is 0 Å². The molecule has 8 aliphatic carbocycles. The quantitative estimate of drug-likeness (QED) is 0.0604. The van der Waals surface area contributed by atoms with E-state index in [4.69, 9.17) is 47.4 Å². The topological polar surface area (TPSA) is 177 Å². The van der Waals surface area contributed by atoms with Gasteiger partial charge in [-0.25, -0.2) is 0 Å². The van der Waals surface area contributed by atoms with Gasteiger partial charge in [-0.15, -0.1) is 0 Å². The summed E-state index contributed by atoms with van der Waals surface area (Å²) in [5, 5.41) is 10.1. The molecule has 12 aromatic carbocycles. The molecule has 4 fully saturated rings. The highest BCUT2D eigenvalue weighted by Crippen LogP contribution is 2.61. The van der Waals surface area contributed by atoms with Gasteiger partial charge in [0.2, 0.25) is 0 Å². The van der Waals surface area contributed by atoms with E-state index in [0.29, 0.717) is 17.2 Å². The van der Waals surface area contributed by atoms with Crippen molar-refractivity contribution in [3.8, 4) is 63.2 Å². The molecule has 4 aliphatic heterocycles. The monoisotopic (exact) mass is 1920 g/mol. The van der Waals surface area contributed by atoms with E-state index in [2.05, 4.69) is 204 Å². The average molecular weight is 1930 g/mol. The minimum absolute atomic E-state index is 0.0468. The number of amides is 2. The number of benzene rings is 12. The molecule has 4 saturated heterocycles. The number of ketones is 1. The molecule has 12 aromatic rings. The minimum Gasteiger partial charge on any atom is -0.508 e. The Morgan fingerprint density at radius 2 is 0.625 bits per heavy atom. The molecule has 0 radical (unpaired) electrons. The molecule has 5 unspecified atom stereocenters. The molecule has 18 heteroatoms. The van der Waals surface area contributed by atoms with Gasteiger partial charge >= 0.3 is 0 Å². The van der Waals surface area contributed by atoms with E-state index in [1.54, 1.807) is 42.7 Å². The number of fused-ring (bicyclic) bond motifs is 12. The molecule has 144 heavy (non-hydrogen) atoms. The van der Waals surface area contributed by atoms with Crippen molar-refractivity contribution in [2.24, 2.45) is 0 Å². The molecule has 1 N–H and O–H groups in total. The lowest BCUT2D eigenvalue weighted by atomic mass is 9.69. The number of methoxy groups -OCH3 is 6. The fourth-order valence-electron chi connectivity index (χ4n) is 25.5. The number of hydrogen-bond acceptors (Lipinski definition) is 16. The van der Waals surface area contributed by atoms with Crippen LogP contribution in [0.2, 0.25) is 0 Å². The van der Waals surface area contributed by atoms with Crippen molar-refractivity contribution in [3.63, 3.8) is 0 Å². The van der Waals surface area contributed by atoms with Gasteiger partial charge in [0, 0.05) is 66.5 Å². The normalized spacial score (nSPS) is 21.0. The van der Waals surface area contributed by atoms with Crippen LogP contribution in [0.5, 0.6) is 63.2 Å². The summed E-state index contributed by atoms with van der Waals surface area (Å²) in [5.41, 5.74) is 28.1. The summed E-state index contributed by atoms with van der Waals surface area (Å²) >= 11 is 0. The molecule has 0 bridgehead atoms. The minimum atomic E-state index is -0.391. The largest absolute Gasteiger partial charge is 0.508 e. The standard InChI is InChI=1S/C32H33NO5.C32H33NO4.C32H35NO3.C30H31NO2/c1-36-24-9-6-21(7-10-24)30-31(35)27-17-25(37-2)12-13-28(27)32(30)18-22-8-11-26(16-23(22)19-32)38-20-29(34)33-14-4-3-5-15-33;1-35-26-9-6-22(7-10-26)30-18-24-16-27(36-2)12-13-29(24)32(30)19-23-8-11-28(17-25(23)20-32)37-21-31(34)33-14-4-3-5-15-33;1-34-27-9-6-23(7-10-27)31-20-25-18-28(35-2)12-13-30(25)32(31)21-24-8-11-29(19-26(24)22-32)36-17-16-33-14-4-3-5-15-33;32-26-10-12-28-24(17-26)19-29(22-7-3-1-4-8-22)30(28)20-23-9-11-27(18-25(23)21-30)33-16-15-31-13-5-2-6-14-31/h6-13,16-17,30H,3-5,14-15,18-20H2,1-2H3;6-13,16-18H,3-5,14-15,19-21H2,1-2H3;6-13,18-20H,3-5,14-17,21-22H2,1-2H3;1,3-4,7-12,17-19,32H,2,5-6,13-16,20-21H2. The first kappa shape index (κ1) is 96.3. The van der Waals surface area contributed by atoms with Crippen molar-refractivity contribution in [2.75, 3.05) is 135 Å². The van der Waals surface area contributed by atoms with E-state index in [0.717, 1.165) is 198 Å². The maximum Gasteiger partial charge on any atom is 0.260 e. The van der Waals surface area contributed by atoms with Gasteiger partial charge in [0.05, 0.1) is 48.6 Å². The maximum absolute atomic E-state index is 14.0. The third-order valence-electron chi connectivity index (χ3n) is 32.8. The Hall–Kier alpha value is -13.8. The first-order valence-corrected chi connectivity index (χ1v) is 52.1. The van der Waals surface area contributed by atoms with Crippen LogP contribution in [0, 0.1) is 0 Å². The second kappa shape index (κ2) is 42.2. The number of aromatic hydroxyl groups is 1. The van der Waals surface area contributed by atoms with E-state index in [1.165, 1.54) is 183 Å². The number of ether oxygens (including phenoxy) is 10. The fraction of sp³-hybridized carbons (Fsp3) is 0.357. The number of phenolic OH excluding ortho intramolecular Hbond substituents is 1. The Morgan fingerprint density at radius 3 is 1.03 bits per heavy atom. The van der Waals surface area contributed by atoms with E-state index in [-0.39, 0.29) is 53.0 Å². The number of Topliss-reactive ketones (excluding diaryl/α,β-unsaturated/α-hetero) is 1. The number of rotatable bonds is 24. The summed E-state index contributed by atoms with van der Waals surface area (Å²) in [4.78, 5) is 48.1. The van der Waals surface area contributed by atoms with Gasteiger partial charge in [-0.05, 0) is 416 Å². The number of hydrogen-bond donors (Lipinski definition) is 1. The van der Waals surface area contributed by atoms with Crippen LogP contribution in [0.15, 0.2) is 249 Å². The molecule has 18 nitrogen and oxygen atoms in total. The fourth-order valence-corrected chi connectivity index (χ4v) is 25.5. The number of allylic oxidation sites excluding steroid dienone is 3. The first-order valence-electron chi connectivity index (χ1n) is 52.1. The molecule has 12 aliphatic rings. The average Bonchev–Trinajstić information content (AvgIpc) is 1.55. The number of carbonyl (C=O) groups is 3. The van der Waals surface area contributed by atoms with Crippen LogP contribution in [0.4, 0.5) is 0 Å². The van der Waals surface area contributed by atoms with Gasteiger partial charge in [0.25, 0.3) is 11.8 Å². The molecule has 0 aromatic heterocycles. The number of nitrogens with zero attached hydrogens (tertiary/aromatic N) is 4. The zero-order valence-electron chi connectivity index (χ0n) is 84.1. The van der Waals surface area contributed by atoms with Crippen LogP contribution in [0.25, 0.3) is 34.9 Å². The zero-order valence-corrected chi connectivity index (χ0v) is 84.1. The van der Waals surface area contributed by atoms with Crippen molar-refractivity contribution in [1.29, 1.82) is 0 Å². The Kier molecular flexibility index (Phi) is 28.3. The SMILES string of the molecule is COc1ccc(C2=Cc3cc(OC)ccc3C23Cc2ccc(OCC(=O)N4CCCCC4)cc2C3)cc1.COc1ccc(C2=Cc3cc(OC)ccc3C23Cc2ccc(OCCN4CCCCC4)cc2C3)cc1.COc1ccc(C2C(=O)c3cc(OC)ccc3C23Cc2ccc(OCC(=O)N4CCCCC4)cc2C3)cc1.Oc1ccc2c(c1)C=C(c1ccccc1)C21Cc2ccc(OCCN3CCCCC3)cc2C1. The molecular formula is C126H132N4O14. The third-order valence-corrected chi connectivity index (χ3v) is 32.8. The van der Waals surface area contributed by atoms with Crippen molar-refractivity contribution in [1.82, 2.24) is 19.6 Å². The smallest absolute Gasteiger partial charge is 0.260 e. The lowest BCUT2D eigenvalue weighted by Gasteiger charge is -2.32. The van der Waals surface area contributed by atoms with Crippen molar-refractivity contribution >= 4 is 52.5 Å². The van der Waals surface area contributed by atoms with E-state index in [9.17, 15) is 19.5 Å². The Labute approximate surface area is 847 Å². The van der Waals surface area contributed by atoms with Gasteiger partial charge < -0.3 is 62.3 Å². The van der Waals surface area contributed by atoms with Crippen LogP contribution in [-0.2, 0) is 82.6 Å². The highest BCUT2D eigenvalue weighted by atomic mass is 16.5. The lowest BCUT2D eigenvalue weighted by molar-refractivity contribution is -0.135. The third kappa shape index (κ3) is 19.5. The van der Waals surface area contributed by atoms with Crippen LogP contribution >= 0.6 is 0 Å². The Bertz CT molecular complexity index is 6820. The molecule has 5 atom stereocenters. The number of likely N-dealkylation sites (tertiary alicyclic amines) is 4. The van der Waals surface area contributed by atoms with Crippen LogP contribution in [0.1, 0.15) is 199 Å². The van der Waals surface area contributed by atoms with Gasteiger partial charge in [-0.1, -0.05) is 128 Å². The predicted octanol–water partition coefficient (Wildman–Crippen LogP) is 22.8. The summed E-state index contributed by atoms with van der Waals surface area (Å²) in [6.07, 6.45) is 28.9. The summed E-state index contributed by atoms with van der Waals surface area (Å²) in [5.74, 6) is 8.67. The Balaban J connectivity index is 0.000000113. The van der Waals surface area contributed by atoms with Crippen molar-refractivity contribution < 1.29 is 66.9 Å². The second-order valence-corrected chi connectivity index (χ2v) is 41.2. The zero-order chi connectivity index (χ0) is 98.5. The molecule has 24 rings (SSSR count). The summed E-state index contributed by atoms with van der Waals surface area (Å²) < 4.78 is 57.1. The van der Waals surface area contributed by atoms with Crippen molar-refractivity contribution in [2.45, 2.75) is 156 Å². The number of piperidine rings is 4. The number of phenols is 1. The summed E-state index contributed by atoms with van der Waals surface area (Å²) in [6.45, 7) is 11.9. The second-order valence-electron chi connectivity index (χ2n) is 41.2. The summed E-state index contributed by atoms with van der Waals surface area (Å²) in [6, 6.07) is 86.0.